The molecule has 1 aromatic heterocycles. The van der Waals surface area contributed by atoms with Gasteiger partial charge in [0, 0.05) is 18.8 Å². The zero-order valence-corrected chi connectivity index (χ0v) is 13.7. The molecule has 0 saturated carbocycles. The van der Waals surface area contributed by atoms with Gasteiger partial charge in [0.15, 0.2) is 11.5 Å². The molecule has 122 valence electrons. The summed E-state index contributed by atoms with van der Waals surface area (Å²) in [5, 5.41) is 11.2. The Morgan fingerprint density at radius 2 is 1.74 bits per heavy atom. The minimum absolute atomic E-state index is 0.102. The zero-order valence-electron chi connectivity index (χ0n) is 13.7. The topological polar surface area (TPSA) is 67.3 Å². The molecule has 0 radical (unpaired) electrons. The van der Waals surface area contributed by atoms with E-state index in [-0.39, 0.29) is 5.91 Å². The highest BCUT2D eigenvalue weighted by atomic mass is 16.5. The third-order valence-corrected chi connectivity index (χ3v) is 3.37. The van der Waals surface area contributed by atoms with Crippen molar-refractivity contribution in [1.29, 1.82) is 0 Å². The van der Waals surface area contributed by atoms with Gasteiger partial charge in [-0.15, -0.1) is 10.2 Å². The van der Waals surface area contributed by atoms with Gasteiger partial charge in [0.05, 0.1) is 6.61 Å². The maximum absolute atomic E-state index is 12.2. The predicted octanol–water partition coefficient (Wildman–Crippen LogP) is 3.10. The monoisotopic (exact) mass is 314 g/mol. The third-order valence-electron chi connectivity index (χ3n) is 3.37. The van der Waals surface area contributed by atoms with Crippen LogP contribution in [0.2, 0.25) is 0 Å². The number of rotatable bonds is 7. The first-order valence-corrected chi connectivity index (χ1v) is 7.80. The van der Waals surface area contributed by atoms with Crippen molar-refractivity contribution in [2.75, 3.05) is 25.0 Å². The van der Waals surface area contributed by atoms with Crippen molar-refractivity contribution in [1.82, 2.24) is 15.1 Å². The number of amides is 1. The van der Waals surface area contributed by atoms with Crippen LogP contribution < -0.4 is 10.1 Å². The molecular formula is C17H22N4O2. The summed E-state index contributed by atoms with van der Waals surface area (Å²) < 4.78 is 5.40. The van der Waals surface area contributed by atoms with Gasteiger partial charge in [0.25, 0.3) is 5.91 Å². The molecule has 23 heavy (non-hydrogen) atoms. The van der Waals surface area contributed by atoms with Crippen LogP contribution in [-0.2, 0) is 0 Å². The largest absolute Gasteiger partial charge is 0.494 e. The van der Waals surface area contributed by atoms with Gasteiger partial charge < -0.3 is 15.0 Å². The second-order valence-electron chi connectivity index (χ2n) is 4.86. The Kier molecular flexibility index (Phi) is 5.91. The molecule has 0 saturated heterocycles. The van der Waals surface area contributed by atoms with Crippen LogP contribution in [0.5, 0.6) is 5.75 Å². The van der Waals surface area contributed by atoms with E-state index in [9.17, 15) is 4.79 Å². The van der Waals surface area contributed by atoms with Crippen molar-refractivity contribution in [3.63, 3.8) is 0 Å². The van der Waals surface area contributed by atoms with E-state index in [0.717, 1.165) is 11.4 Å². The van der Waals surface area contributed by atoms with E-state index in [1.54, 1.807) is 17.0 Å². The minimum atomic E-state index is -0.102. The molecule has 2 rings (SSSR count). The second-order valence-corrected chi connectivity index (χ2v) is 4.86. The molecule has 0 fully saturated rings. The van der Waals surface area contributed by atoms with Gasteiger partial charge >= 0.3 is 0 Å². The van der Waals surface area contributed by atoms with Crippen molar-refractivity contribution >= 4 is 17.4 Å². The number of anilines is 2. The van der Waals surface area contributed by atoms with Crippen LogP contribution in [0.4, 0.5) is 11.5 Å². The third kappa shape index (κ3) is 4.42. The molecule has 1 amide bonds. The Balaban J connectivity index is 2.03. The van der Waals surface area contributed by atoms with E-state index in [1.807, 2.05) is 45.0 Å². The molecule has 1 N–H and O–H groups in total. The zero-order chi connectivity index (χ0) is 16.7. The molecule has 6 nitrogen and oxygen atoms in total. The van der Waals surface area contributed by atoms with Crippen LogP contribution in [-0.4, -0.2) is 40.7 Å². The molecule has 1 aromatic carbocycles. The van der Waals surface area contributed by atoms with Crippen molar-refractivity contribution in [3.8, 4) is 5.75 Å². The van der Waals surface area contributed by atoms with Crippen molar-refractivity contribution in [2.24, 2.45) is 0 Å². The van der Waals surface area contributed by atoms with Gasteiger partial charge in [0.2, 0.25) is 0 Å². The predicted molar refractivity (Wildman–Crippen MR) is 90.2 cm³/mol. The van der Waals surface area contributed by atoms with Crippen molar-refractivity contribution in [3.05, 3.63) is 42.1 Å². The average molecular weight is 314 g/mol. The van der Waals surface area contributed by atoms with Crippen LogP contribution in [0.3, 0.4) is 0 Å². The summed E-state index contributed by atoms with van der Waals surface area (Å²) in [4.78, 5) is 13.9. The van der Waals surface area contributed by atoms with E-state index < -0.39 is 0 Å². The summed E-state index contributed by atoms with van der Waals surface area (Å²) in [6, 6.07) is 11.0. The van der Waals surface area contributed by atoms with Gasteiger partial charge in [-0.05, 0) is 57.2 Å². The average Bonchev–Trinajstić information content (AvgIpc) is 2.58. The summed E-state index contributed by atoms with van der Waals surface area (Å²) in [7, 11) is 0. The Morgan fingerprint density at radius 3 is 2.26 bits per heavy atom. The molecular weight excluding hydrogens is 292 g/mol. The SMILES string of the molecule is CCOc1ccc(Nc2ccc(C(=O)N(CC)CC)nn2)cc1. The number of benzene rings is 1. The molecule has 0 aliphatic heterocycles. The van der Waals surface area contributed by atoms with Gasteiger partial charge in [0.1, 0.15) is 5.75 Å². The van der Waals surface area contributed by atoms with Gasteiger partial charge in [-0.3, -0.25) is 4.79 Å². The number of hydrogen-bond acceptors (Lipinski definition) is 5. The van der Waals surface area contributed by atoms with Crippen LogP contribution >= 0.6 is 0 Å². The second kappa shape index (κ2) is 8.12. The van der Waals surface area contributed by atoms with Crippen LogP contribution in [0.25, 0.3) is 0 Å². The standard InChI is InChI=1S/C17H22N4O2/c1-4-21(5-2)17(22)15-11-12-16(20-19-15)18-13-7-9-14(10-8-13)23-6-3/h7-12H,4-6H2,1-3H3,(H,18,20). The molecule has 0 aliphatic carbocycles. The summed E-state index contributed by atoms with van der Waals surface area (Å²) in [5.74, 6) is 1.31. The maximum Gasteiger partial charge on any atom is 0.274 e. The van der Waals surface area contributed by atoms with E-state index in [4.69, 9.17) is 4.74 Å². The molecule has 1 heterocycles. The number of hydrogen-bond donors (Lipinski definition) is 1. The minimum Gasteiger partial charge on any atom is -0.494 e. The number of carbonyl (C=O) groups is 1. The molecule has 0 bridgehead atoms. The highest BCUT2D eigenvalue weighted by molar-refractivity contribution is 5.92. The molecule has 0 unspecified atom stereocenters. The van der Waals surface area contributed by atoms with E-state index >= 15 is 0 Å². The number of nitrogens with one attached hydrogen (secondary N) is 1. The van der Waals surface area contributed by atoms with Gasteiger partial charge in [-0.25, -0.2) is 0 Å². The summed E-state index contributed by atoms with van der Waals surface area (Å²) in [6.45, 7) is 7.78. The molecule has 0 spiro atoms. The smallest absolute Gasteiger partial charge is 0.274 e. The summed E-state index contributed by atoms with van der Waals surface area (Å²) >= 11 is 0. The first-order chi connectivity index (χ1) is 11.2. The van der Waals surface area contributed by atoms with E-state index in [1.165, 1.54) is 0 Å². The maximum atomic E-state index is 12.2. The lowest BCUT2D eigenvalue weighted by atomic mass is 10.3. The Morgan fingerprint density at radius 1 is 1.04 bits per heavy atom. The number of nitrogens with zero attached hydrogens (tertiary/aromatic N) is 3. The van der Waals surface area contributed by atoms with Crippen molar-refractivity contribution in [2.45, 2.75) is 20.8 Å². The molecule has 2 aromatic rings. The Bertz CT molecular complexity index is 622. The van der Waals surface area contributed by atoms with Crippen LogP contribution in [0.15, 0.2) is 36.4 Å². The molecule has 0 atom stereocenters. The lowest BCUT2D eigenvalue weighted by molar-refractivity contribution is 0.0766. The highest BCUT2D eigenvalue weighted by Crippen LogP contribution is 2.18. The van der Waals surface area contributed by atoms with E-state index in [0.29, 0.717) is 31.2 Å². The fraction of sp³-hybridized carbons (Fsp3) is 0.353. The number of ether oxygens (including phenoxy) is 1. The first kappa shape index (κ1) is 16.7. The first-order valence-electron chi connectivity index (χ1n) is 7.80. The van der Waals surface area contributed by atoms with Crippen molar-refractivity contribution < 1.29 is 9.53 Å². The lowest BCUT2D eigenvalue weighted by Gasteiger charge is -2.17. The molecule has 6 heteroatoms. The number of aromatic nitrogens is 2. The fourth-order valence-corrected chi connectivity index (χ4v) is 2.13. The highest BCUT2D eigenvalue weighted by Gasteiger charge is 2.14. The summed E-state index contributed by atoms with van der Waals surface area (Å²) in [6.07, 6.45) is 0. The lowest BCUT2D eigenvalue weighted by Crippen LogP contribution is -2.31. The summed E-state index contributed by atoms with van der Waals surface area (Å²) in [5.41, 5.74) is 1.23. The van der Waals surface area contributed by atoms with Crippen LogP contribution in [0, 0.1) is 0 Å². The fourth-order valence-electron chi connectivity index (χ4n) is 2.13. The van der Waals surface area contributed by atoms with E-state index in [2.05, 4.69) is 15.5 Å². The number of carbonyl (C=O) groups excluding carboxylic acids is 1. The Labute approximate surface area is 136 Å². The van der Waals surface area contributed by atoms with Gasteiger partial charge in [-0.2, -0.15) is 0 Å². The van der Waals surface area contributed by atoms with Gasteiger partial charge in [-0.1, -0.05) is 0 Å². The Hall–Kier alpha value is -2.63. The normalized spacial score (nSPS) is 10.2. The molecule has 0 aliphatic rings. The quantitative estimate of drug-likeness (QED) is 0.850. The van der Waals surface area contributed by atoms with Crippen LogP contribution in [0.1, 0.15) is 31.3 Å².